The van der Waals surface area contributed by atoms with Crippen molar-refractivity contribution in [2.75, 3.05) is 11.1 Å². The molecule has 0 saturated carbocycles. The van der Waals surface area contributed by atoms with Crippen molar-refractivity contribution in [3.63, 3.8) is 0 Å². The van der Waals surface area contributed by atoms with Gasteiger partial charge in [0.05, 0.1) is 0 Å². The highest BCUT2D eigenvalue weighted by molar-refractivity contribution is 5.63. The number of benzene rings is 1. The summed E-state index contributed by atoms with van der Waals surface area (Å²) in [4.78, 5) is 0. The fraction of sp³-hybridized carbons (Fsp3) is 0.538. The zero-order valence-electron chi connectivity index (χ0n) is 10.2. The van der Waals surface area contributed by atoms with E-state index in [1.807, 2.05) is 12.1 Å². The summed E-state index contributed by atoms with van der Waals surface area (Å²) in [6, 6.07) is 6.03. The van der Waals surface area contributed by atoms with Gasteiger partial charge in [0.1, 0.15) is 0 Å². The van der Waals surface area contributed by atoms with E-state index in [0.717, 1.165) is 29.8 Å². The van der Waals surface area contributed by atoms with Gasteiger partial charge >= 0.3 is 0 Å². The molecule has 0 unspecified atom stereocenters. The number of nitrogens with one attached hydrogen (secondary N) is 1. The molecule has 0 aliphatic rings. The largest absolute Gasteiger partial charge is 0.398 e. The van der Waals surface area contributed by atoms with Crippen LogP contribution in [0.2, 0.25) is 0 Å². The Morgan fingerprint density at radius 2 is 1.87 bits per heavy atom. The molecule has 0 spiro atoms. The van der Waals surface area contributed by atoms with Crippen LogP contribution in [0.25, 0.3) is 0 Å². The molecule has 0 bridgehead atoms. The second-order valence-electron chi connectivity index (χ2n) is 4.41. The third-order valence-corrected chi connectivity index (χ3v) is 3.37. The minimum atomic E-state index is 0.165. The highest BCUT2D eigenvalue weighted by Gasteiger charge is 2.19. The standard InChI is InChI=1S/C13H22N2/c1-5-13(4,6-2)15-12-9-7-8-11(14)10(12)3/h7-9,15H,5-6,14H2,1-4H3. The van der Waals surface area contributed by atoms with E-state index in [-0.39, 0.29) is 5.54 Å². The number of nitrogen functional groups attached to an aromatic ring is 1. The zero-order valence-corrected chi connectivity index (χ0v) is 10.2. The van der Waals surface area contributed by atoms with Gasteiger partial charge in [-0.15, -0.1) is 0 Å². The van der Waals surface area contributed by atoms with Crippen molar-refractivity contribution in [2.45, 2.75) is 46.1 Å². The monoisotopic (exact) mass is 206 g/mol. The lowest BCUT2D eigenvalue weighted by Crippen LogP contribution is -2.33. The molecule has 0 fully saturated rings. The Labute approximate surface area is 92.9 Å². The highest BCUT2D eigenvalue weighted by atomic mass is 15.0. The number of nitrogens with two attached hydrogens (primary N) is 1. The van der Waals surface area contributed by atoms with Crippen LogP contribution in [0.4, 0.5) is 11.4 Å². The van der Waals surface area contributed by atoms with Crippen molar-refractivity contribution in [1.29, 1.82) is 0 Å². The van der Waals surface area contributed by atoms with E-state index in [4.69, 9.17) is 5.73 Å². The molecule has 2 nitrogen and oxygen atoms in total. The molecule has 3 N–H and O–H groups in total. The Bertz CT molecular complexity index is 327. The van der Waals surface area contributed by atoms with Crippen molar-refractivity contribution in [3.05, 3.63) is 23.8 Å². The number of rotatable bonds is 4. The van der Waals surface area contributed by atoms with Crippen LogP contribution in [0, 0.1) is 6.92 Å². The Morgan fingerprint density at radius 3 is 2.40 bits per heavy atom. The van der Waals surface area contributed by atoms with Crippen LogP contribution in [-0.4, -0.2) is 5.54 Å². The van der Waals surface area contributed by atoms with E-state index >= 15 is 0 Å². The molecular weight excluding hydrogens is 184 g/mol. The number of anilines is 2. The van der Waals surface area contributed by atoms with Gasteiger partial charge in [-0.1, -0.05) is 19.9 Å². The molecule has 0 aliphatic heterocycles. The summed E-state index contributed by atoms with van der Waals surface area (Å²) in [6.07, 6.45) is 2.22. The molecule has 0 amide bonds. The van der Waals surface area contributed by atoms with Crippen LogP contribution in [-0.2, 0) is 0 Å². The molecule has 2 heteroatoms. The van der Waals surface area contributed by atoms with Crippen molar-refractivity contribution in [1.82, 2.24) is 0 Å². The topological polar surface area (TPSA) is 38.0 Å². The van der Waals surface area contributed by atoms with Crippen LogP contribution in [0.15, 0.2) is 18.2 Å². The summed E-state index contributed by atoms with van der Waals surface area (Å²) >= 11 is 0. The van der Waals surface area contributed by atoms with E-state index < -0.39 is 0 Å². The molecule has 0 aromatic heterocycles. The SMILES string of the molecule is CCC(C)(CC)Nc1cccc(N)c1C. The summed E-state index contributed by atoms with van der Waals surface area (Å²) in [6.45, 7) is 8.72. The maximum atomic E-state index is 5.88. The average Bonchev–Trinajstić information content (AvgIpc) is 2.25. The molecule has 1 aromatic rings. The lowest BCUT2D eigenvalue weighted by atomic mass is 9.94. The lowest BCUT2D eigenvalue weighted by molar-refractivity contribution is 0.478. The zero-order chi connectivity index (χ0) is 11.5. The molecule has 0 heterocycles. The van der Waals surface area contributed by atoms with Crippen LogP contribution in [0.1, 0.15) is 39.2 Å². The third kappa shape index (κ3) is 2.65. The van der Waals surface area contributed by atoms with Crippen LogP contribution < -0.4 is 11.1 Å². The predicted octanol–water partition coefficient (Wildman–Crippen LogP) is 3.57. The molecule has 1 rings (SSSR count). The van der Waals surface area contributed by atoms with Crippen molar-refractivity contribution >= 4 is 11.4 Å². The average molecular weight is 206 g/mol. The van der Waals surface area contributed by atoms with E-state index in [1.54, 1.807) is 0 Å². The van der Waals surface area contributed by atoms with E-state index in [9.17, 15) is 0 Å². The predicted molar refractivity (Wildman–Crippen MR) is 68.2 cm³/mol. The van der Waals surface area contributed by atoms with Crippen LogP contribution in [0.3, 0.4) is 0 Å². The minimum Gasteiger partial charge on any atom is -0.398 e. The van der Waals surface area contributed by atoms with Crippen molar-refractivity contribution < 1.29 is 0 Å². The van der Waals surface area contributed by atoms with E-state index in [1.165, 1.54) is 0 Å². The number of hydrogen-bond acceptors (Lipinski definition) is 2. The fourth-order valence-electron chi connectivity index (χ4n) is 1.54. The van der Waals surface area contributed by atoms with Gasteiger partial charge in [0, 0.05) is 16.9 Å². The lowest BCUT2D eigenvalue weighted by Gasteiger charge is -2.30. The highest BCUT2D eigenvalue weighted by Crippen LogP contribution is 2.26. The molecule has 0 saturated heterocycles. The maximum absolute atomic E-state index is 5.88. The Hall–Kier alpha value is -1.18. The third-order valence-electron chi connectivity index (χ3n) is 3.37. The number of hydrogen-bond donors (Lipinski definition) is 2. The first-order valence-electron chi connectivity index (χ1n) is 5.65. The van der Waals surface area contributed by atoms with Crippen molar-refractivity contribution in [3.8, 4) is 0 Å². The van der Waals surface area contributed by atoms with E-state index in [2.05, 4.69) is 39.1 Å². The molecule has 84 valence electrons. The van der Waals surface area contributed by atoms with E-state index in [0.29, 0.717) is 0 Å². The smallest absolute Gasteiger partial charge is 0.0394 e. The fourth-order valence-corrected chi connectivity index (χ4v) is 1.54. The van der Waals surface area contributed by atoms with Gasteiger partial charge in [0.2, 0.25) is 0 Å². The van der Waals surface area contributed by atoms with Gasteiger partial charge in [0.25, 0.3) is 0 Å². The van der Waals surface area contributed by atoms with Gasteiger partial charge < -0.3 is 11.1 Å². The first-order valence-corrected chi connectivity index (χ1v) is 5.65. The molecule has 15 heavy (non-hydrogen) atoms. The summed E-state index contributed by atoms with van der Waals surface area (Å²) in [7, 11) is 0. The Morgan fingerprint density at radius 1 is 1.27 bits per heavy atom. The second-order valence-corrected chi connectivity index (χ2v) is 4.41. The maximum Gasteiger partial charge on any atom is 0.0394 e. The van der Waals surface area contributed by atoms with Crippen LogP contribution in [0.5, 0.6) is 0 Å². The normalized spacial score (nSPS) is 11.5. The van der Waals surface area contributed by atoms with Gasteiger partial charge in [-0.05, 0) is 44.4 Å². The molecule has 0 radical (unpaired) electrons. The Balaban J connectivity index is 2.94. The molecule has 0 aliphatic carbocycles. The van der Waals surface area contributed by atoms with Gasteiger partial charge in [-0.3, -0.25) is 0 Å². The second kappa shape index (κ2) is 4.56. The van der Waals surface area contributed by atoms with Gasteiger partial charge in [-0.2, -0.15) is 0 Å². The molecular formula is C13H22N2. The van der Waals surface area contributed by atoms with Gasteiger partial charge in [0.15, 0.2) is 0 Å². The molecule has 1 aromatic carbocycles. The summed E-state index contributed by atoms with van der Waals surface area (Å²) in [5, 5.41) is 3.58. The van der Waals surface area contributed by atoms with Crippen molar-refractivity contribution in [2.24, 2.45) is 0 Å². The molecule has 0 atom stereocenters. The van der Waals surface area contributed by atoms with Crippen LogP contribution >= 0.6 is 0 Å². The first kappa shape index (κ1) is 11.9. The summed E-state index contributed by atoms with van der Waals surface area (Å²) in [5.41, 5.74) is 9.20. The summed E-state index contributed by atoms with van der Waals surface area (Å²) in [5.74, 6) is 0. The van der Waals surface area contributed by atoms with Gasteiger partial charge in [-0.25, -0.2) is 0 Å². The summed E-state index contributed by atoms with van der Waals surface area (Å²) < 4.78 is 0. The minimum absolute atomic E-state index is 0.165. The Kier molecular flexibility index (Phi) is 3.61. The first-order chi connectivity index (χ1) is 7.02. The quantitative estimate of drug-likeness (QED) is 0.739.